The van der Waals surface area contributed by atoms with Crippen LogP contribution in [-0.4, -0.2) is 45.7 Å². The Labute approximate surface area is 183 Å². The number of anilines is 1. The zero-order valence-corrected chi connectivity index (χ0v) is 18.8. The van der Waals surface area contributed by atoms with Crippen LogP contribution in [0.3, 0.4) is 0 Å². The molecule has 0 bridgehead atoms. The molecule has 0 aliphatic carbocycles. The molecule has 1 fully saturated rings. The van der Waals surface area contributed by atoms with Gasteiger partial charge in [0.1, 0.15) is 5.75 Å². The number of amides is 1. The van der Waals surface area contributed by atoms with Crippen LogP contribution in [-0.2, 0) is 14.6 Å². The number of sulfone groups is 1. The maximum absolute atomic E-state index is 12.8. The third-order valence-electron chi connectivity index (χ3n) is 5.35. The van der Waals surface area contributed by atoms with Gasteiger partial charge in [-0.05, 0) is 55.3 Å². The molecule has 1 N–H and O–H groups in total. The van der Waals surface area contributed by atoms with Gasteiger partial charge in [-0.2, -0.15) is 0 Å². The van der Waals surface area contributed by atoms with Gasteiger partial charge >= 0.3 is 0 Å². The van der Waals surface area contributed by atoms with Crippen LogP contribution in [0.4, 0.5) is 5.69 Å². The number of nitrogens with zero attached hydrogens (tertiary/aromatic N) is 1. The van der Waals surface area contributed by atoms with E-state index in [4.69, 9.17) is 16.3 Å². The first kappa shape index (κ1) is 22.6. The molecule has 1 saturated heterocycles. The van der Waals surface area contributed by atoms with E-state index in [-0.39, 0.29) is 23.4 Å². The molecule has 2 aromatic rings. The Balaban J connectivity index is 1.76. The molecular formula is C22H27ClN2O4S. The van der Waals surface area contributed by atoms with Crippen LogP contribution in [0.1, 0.15) is 37.3 Å². The van der Waals surface area contributed by atoms with Crippen LogP contribution < -0.4 is 10.1 Å². The standard InChI is InChI=1S/C22H27ClN2O4S/c1-29-17-9-7-16(8-10-17)21-6-4-3-5-13-25(21)15-22(26)24-20-14-18(30(2,27)28)11-12-19(20)23/h7-12,14,21H,3-6,13,15H2,1-2H3,(H,24,26)/t21-/m1/s1. The lowest BCUT2D eigenvalue weighted by Crippen LogP contribution is -2.36. The summed E-state index contributed by atoms with van der Waals surface area (Å²) in [5, 5.41) is 3.09. The summed E-state index contributed by atoms with van der Waals surface area (Å²) in [5.74, 6) is 0.583. The van der Waals surface area contributed by atoms with Gasteiger partial charge in [0.15, 0.2) is 9.84 Å². The van der Waals surface area contributed by atoms with Gasteiger partial charge in [-0.1, -0.05) is 36.6 Å². The van der Waals surface area contributed by atoms with Gasteiger partial charge in [0.05, 0.1) is 29.3 Å². The second kappa shape index (κ2) is 9.81. The number of nitrogens with one attached hydrogen (secondary N) is 1. The fourth-order valence-corrected chi connectivity index (χ4v) is 4.58. The third-order valence-corrected chi connectivity index (χ3v) is 6.79. The van der Waals surface area contributed by atoms with E-state index in [2.05, 4.69) is 10.2 Å². The summed E-state index contributed by atoms with van der Waals surface area (Å²) < 4.78 is 28.9. The molecule has 0 aromatic heterocycles. The number of hydrogen-bond acceptors (Lipinski definition) is 5. The van der Waals surface area contributed by atoms with Crippen molar-refractivity contribution >= 4 is 33.0 Å². The number of carbonyl (C=O) groups excluding carboxylic acids is 1. The van der Waals surface area contributed by atoms with Crippen LogP contribution in [0.15, 0.2) is 47.4 Å². The molecule has 1 amide bonds. The highest BCUT2D eigenvalue weighted by molar-refractivity contribution is 7.90. The van der Waals surface area contributed by atoms with Gasteiger partial charge in [-0.15, -0.1) is 0 Å². The van der Waals surface area contributed by atoms with Crippen molar-refractivity contribution in [1.82, 2.24) is 4.90 Å². The minimum Gasteiger partial charge on any atom is -0.497 e. The third kappa shape index (κ3) is 5.74. The van der Waals surface area contributed by atoms with Gasteiger partial charge in [0.25, 0.3) is 0 Å². The second-order valence-electron chi connectivity index (χ2n) is 7.57. The Hall–Kier alpha value is -2.09. The van der Waals surface area contributed by atoms with Crippen molar-refractivity contribution in [3.05, 3.63) is 53.1 Å². The summed E-state index contributed by atoms with van der Waals surface area (Å²) in [7, 11) is -1.75. The van der Waals surface area contributed by atoms with Crippen molar-refractivity contribution in [2.45, 2.75) is 36.6 Å². The molecule has 0 radical (unpaired) electrons. The Bertz CT molecular complexity index is 993. The van der Waals surface area contributed by atoms with Crippen LogP contribution >= 0.6 is 11.6 Å². The average Bonchev–Trinajstić information content (AvgIpc) is 2.94. The number of ether oxygens (including phenoxy) is 1. The first-order valence-corrected chi connectivity index (χ1v) is 12.2. The number of rotatable bonds is 6. The van der Waals surface area contributed by atoms with Crippen LogP contribution in [0.5, 0.6) is 5.75 Å². The lowest BCUT2D eigenvalue weighted by molar-refractivity contribution is -0.117. The normalized spacial score (nSPS) is 17.9. The summed E-state index contributed by atoms with van der Waals surface area (Å²) in [6.07, 6.45) is 5.37. The number of benzene rings is 2. The van der Waals surface area contributed by atoms with E-state index < -0.39 is 9.84 Å². The van der Waals surface area contributed by atoms with E-state index in [0.717, 1.165) is 49.8 Å². The number of halogens is 1. The number of hydrogen-bond donors (Lipinski definition) is 1. The Morgan fingerprint density at radius 2 is 1.90 bits per heavy atom. The summed E-state index contributed by atoms with van der Waals surface area (Å²) in [4.78, 5) is 15.1. The van der Waals surface area contributed by atoms with E-state index in [1.165, 1.54) is 18.2 Å². The molecule has 6 nitrogen and oxygen atoms in total. The van der Waals surface area contributed by atoms with E-state index in [9.17, 15) is 13.2 Å². The Kier molecular flexibility index (Phi) is 7.39. The second-order valence-corrected chi connectivity index (χ2v) is 9.99. The van der Waals surface area contributed by atoms with Gasteiger partial charge in [-0.3, -0.25) is 9.69 Å². The van der Waals surface area contributed by atoms with Gasteiger partial charge in [0, 0.05) is 12.3 Å². The lowest BCUT2D eigenvalue weighted by atomic mass is 10.0. The first-order chi connectivity index (χ1) is 14.3. The minimum absolute atomic E-state index is 0.119. The van der Waals surface area contributed by atoms with E-state index in [1.807, 2.05) is 24.3 Å². The zero-order valence-electron chi connectivity index (χ0n) is 17.2. The van der Waals surface area contributed by atoms with Gasteiger partial charge < -0.3 is 10.1 Å². The average molecular weight is 451 g/mol. The summed E-state index contributed by atoms with van der Waals surface area (Å²) in [6, 6.07) is 12.4. The Morgan fingerprint density at radius 3 is 2.57 bits per heavy atom. The van der Waals surface area contributed by atoms with Crippen molar-refractivity contribution in [2.75, 3.05) is 31.8 Å². The predicted octanol–water partition coefficient (Wildman–Crippen LogP) is 4.31. The molecule has 30 heavy (non-hydrogen) atoms. The van der Waals surface area contributed by atoms with Crippen LogP contribution in [0.2, 0.25) is 5.02 Å². The first-order valence-electron chi connectivity index (χ1n) is 9.95. The highest BCUT2D eigenvalue weighted by Crippen LogP contribution is 2.31. The summed E-state index contributed by atoms with van der Waals surface area (Å²) in [5.41, 5.74) is 1.46. The number of methoxy groups -OCH3 is 1. The molecular weight excluding hydrogens is 424 g/mol. The molecule has 2 aromatic carbocycles. The predicted molar refractivity (Wildman–Crippen MR) is 119 cm³/mol. The number of likely N-dealkylation sites (tertiary alicyclic amines) is 1. The summed E-state index contributed by atoms with van der Waals surface area (Å²) >= 11 is 6.18. The van der Waals surface area contributed by atoms with Crippen molar-refractivity contribution in [3.8, 4) is 5.75 Å². The zero-order chi connectivity index (χ0) is 21.7. The molecule has 162 valence electrons. The fraction of sp³-hybridized carbons (Fsp3) is 0.409. The minimum atomic E-state index is -3.39. The largest absolute Gasteiger partial charge is 0.497 e. The molecule has 8 heteroatoms. The molecule has 0 spiro atoms. The monoisotopic (exact) mass is 450 g/mol. The van der Waals surface area contributed by atoms with Crippen molar-refractivity contribution in [2.24, 2.45) is 0 Å². The number of carbonyl (C=O) groups is 1. The highest BCUT2D eigenvalue weighted by Gasteiger charge is 2.25. The fourth-order valence-electron chi connectivity index (χ4n) is 3.77. The maximum Gasteiger partial charge on any atom is 0.238 e. The molecule has 1 heterocycles. The highest BCUT2D eigenvalue weighted by atomic mass is 35.5. The molecule has 1 aliphatic rings. The van der Waals surface area contributed by atoms with Crippen molar-refractivity contribution < 1.29 is 17.9 Å². The maximum atomic E-state index is 12.8. The Morgan fingerprint density at radius 1 is 1.17 bits per heavy atom. The summed E-state index contributed by atoms with van der Waals surface area (Å²) in [6.45, 7) is 1.03. The molecule has 3 rings (SSSR count). The van der Waals surface area contributed by atoms with E-state index in [0.29, 0.717) is 10.7 Å². The quantitative estimate of drug-likeness (QED) is 0.709. The molecule has 0 unspecified atom stereocenters. The van der Waals surface area contributed by atoms with Gasteiger partial charge in [-0.25, -0.2) is 8.42 Å². The molecule has 1 aliphatic heterocycles. The smallest absolute Gasteiger partial charge is 0.238 e. The SMILES string of the molecule is COc1ccc([C@H]2CCCCCN2CC(=O)Nc2cc(S(C)(=O)=O)ccc2Cl)cc1. The lowest BCUT2D eigenvalue weighted by Gasteiger charge is -2.30. The van der Waals surface area contributed by atoms with E-state index >= 15 is 0 Å². The van der Waals surface area contributed by atoms with E-state index in [1.54, 1.807) is 7.11 Å². The van der Waals surface area contributed by atoms with Crippen LogP contribution in [0, 0.1) is 0 Å². The van der Waals surface area contributed by atoms with Crippen molar-refractivity contribution in [1.29, 1.82) is 0 Å². The molecule has 0 saturated carbocycles. The molecule has 1 atom stereocenters. The van der Waals surface area contributed by atoms with Crippen molar-refractivity contribution in [3.63, 3.8) is 0 Å². The topological polar surface area (TPSA) is 75.7 Å². The van der Waals surface area contributed by atoms with Crippen LogP contribution in [0.25, 0.3) is 0 Å². The van der Waals surface area contributed by atoms with Gasteiger partial charge in [0.2, 0.25) is 5.91 Å².